The first-order valence-electron chi connectivity index (χ1n) is 8.38. The van der Waals surface area contributed by atoms with E-state index in [2.05, 4.69) is 59.1 Å². The molecule has 21 heavy (non-hydrogen) atoms. The number of hydrogen-bond acceptors (Lipinski definition) is 2. The van der Waals surface area contributed by atoms with Crippen molar-refractivity contribution in [1.82, 2.24) is 5.32 Å². The minimum absolute atomic E-state index is 0.718. The van der Waals surface area contributed by atoms with Crippen LogP contribution in [0.5, 0.6) is 0 Å². The van der Waals surface area contributed by atoms with Gasteiger partial charge in [0, 0.05) is 22.6 Å². The van der Waals surface area contributed by atoms with Gasteiger partial charge in [0.2, 0.25) is 0 Å². The van der Waals surface area contributed by atoms with E-state index in [-0.39, 0.29) is 0 Å². The summed E-state index contributed by atoms with van der Waals surface area (Å²) in [6.07, 6.45) is 6.55. The Hall–Kier alpha value is -0.540. The van der Waals surface area contributed by atoms with E-state index in [0.29, 0.717) is 0 Å². The van der Waals surface area contributed by atoms with Crippen LogP contribution in [0.15, 0.2) is 16.6 Å². The molecule has 2 nitrogen and oxygen atoms in total. The van der Waals surface area contributed by atoms with E-state index in [1.807, 2.05) is 0 Å². The van der Waals surface area contributed by atoms with E-state index in [0.717, 1.165) is 24.7 Å². The van der Waals surface area contributed by atoms with Crippen LogP contribution in [0, 0.1) is 13.8 Å². The Morgan fingerprint density at radius 2 is 1.86 bits per heavy atom. The molecule has 2 fully saturated rings. The number of rotatable bonds is 4. The number of fused-ring (bicyclic) bond motifs is 2. The molecule has 2 unspecified atom stereocenters. The van der Waals surface area contributed by atoms with Crippen molar-refractivity contribution in [3.8, 4) is 0 Å². The van der Waals surface area contributed by atoms with Gasteiger partial charge in [-0.05, 0) is 85.6 Å². The van der Waals surface area contributed by atoms with Gasteiger partial charge in [0.15, 0.2) is 0 Å². The standard InChI is InChI=1S/C18H27BrN2/c1-4-7-20-14-10-15-5-6-16(11-14)21(15)18-13(3)8-12(2)9-17(18)19/h8-9,14-16,20H,4-7,10-11H2,1-3H3. The smallest absolute Gasteiger partial charge is 0.0545 e. The van der Waals surface area contributed by atoms with Crippen LogP contribution >= 0.6 is 15.9 Å². The van der Waals surface area contributed by atoms with Gasteiger partial charge in [0.1, 0.15) is 0 Å². The summed E-state index contributed by atoms with van der Waals surface area (Å²) in [5.74, 6) is 0. The fraction of sp³-hybridized carbons (Fsp3) is 0.667. The van der Waals surface area contributed by atoms with Crippen LogP contribution in [-0.2, 0) is 0 Å². The number of aryl methyl sites for hydroxylation is 2. The predicted octanol–water partition coefficient (Wildman–Crippen LogP) is 4.57. The van der Waals surface area contributed by atoms with Crippen LogP contribution in [0.2, 0.25) is 0 Å². The molecule has 1 aromatic rings. The van der Waals surface area contributed by atoms with Crippen LogP contribution in [-0.4, -0.2) is 24.7 Å². The third-order valence-corrected chi connectivity index (χ3v) is 5.68. The van der Waals surface area contributed by atoms with Crippen LogP contribution in [0.4, 0.5) is 5.69 Å². The normalized spacial score (nSPS) is 28.2. The zero-order valence-electron chi connectivity index (χ0n) is 13.5. The Balaban J connectivity index is 1.82. The average molecular weight is 351 g/mol. The lowest BCUT2D eigenvalue weighted by atomic mass is 9.95. The fourth-order valence-electron chi connectivity index (χ4n) is 4.29. The molecule has 2 aliphatic rings. The van der Waals surface area contributed by atoms with Crippen molar-refractivity contribution < 1.29 is 0 Å². The number of hydrogen-bond donors (Lipinski definition) is 1. The molecular weight excluding hydrogens is 324 g/mol. The highest BCUT2D eigenvalue weighted by Gasteiger charge is 2.41. The molecule has 0 aliphatic carbocycles. The lowest BCUT2D eigenvalue weighted by molar-refractivity contribution is 0.356. The van der Waals surface area contributed by atoms with Crippen molar-refractivity contribution in [2.75, 3.05) is 11.4 Å². The van der Waals surface area contributed by atoms with Gasteiger partial charge in [0.05, 0.1) is 5.69 Å². The molecule has 1 N–H and O–H groups in total. The maximum absolute atomic E-state index is 3.82. The second kappa shape index (κ2) is 6.29. The number of benzene rings is 1. The van der Waals surface area contributed by atoms with Crippen molar-refractivity contribution >= 4 is 21.6 Å². The average Bonchev–Trinajstić information content (AvgIpc) is 2.68. The van der Waals surface area contributed by atoms with Crippen LogP contribution in [0.1, 0.15) is 50.2 Å². The third-order valence-electron chi connectivity index (χ3n) is 5.07. The molecule has 2 bridgehead atoms. The van der Waals surface area contributed by atoms with Crippen LogP contribution in [0.3, 0.4) is 0 Å². The molecule has 1 aromatic carbocycles. The van der Waals surface area contributed by atoms with Crippen molar-refractivity contribution in [3.63, 3.8) is 0 Å². The molecule has 0 aromatic heterocycles. The Morgan fingerprint density at radius 3 is 2.43 bits per heavy atom. The van der Waals surface area contributed by atoms with Crippen LogP contribution in [0.25, 0.3) is 0 Å². The van der Waals surface area contributed by atoms with Crippen LogP contribution < -0.4 is 10.2 Å². The number of anilines is 1. The minimum atomic E-state index is 0.718. The molecule has 2 atom stereocenters. The molecule has 0 saturated carbocycles. The zero-order chi connectivity index (χ0) is 15.0. The minimum Gasteiger partial charge on any atom is -0.364 e. The van der Waals surface area contributed by atoms with Crippen molar-refractivity contribution in [3.05, 3.63) is 27.7 Å². The summed E-state index contributed by atoms with van der Waals surface area (Å²) in [6.45, 7) is 7.85. The summed E-state index contributed by atoms with van der Waals surface area (Å²) in [7, 11) is 0. The molecule has 3 rings (SSSR count). The van der Waals surface area contributed by atoms with Crippen molar-refractivity contribution in [1.29, 1.82) is 0 Å². The zero-order valence-corrected chi connectivity index (χ0v) is 15.0. The number of nitrogens with one attached hydrogen (secondary N) is 1. The molecular formula is C18H27BrN2. The molecule has 3 heteroatoms. The molecule has 0 amide bonds. The molecule has 116 valence electrons. The second-order valence-electron chi connectivity index (χ2n) is 6.83. The summed E-state index contributed by atoms with van der Waals surface area (Å²) in [6, 6.07) is 6.75. The highest BCUT2D eigenvalue weighted by Crippen LogP contribution is 2.43. The molecule has 0 spiro atoms. The first kappa shape index (κ1) is 15.4. The SMILES string of the molecule is CCCNC1CC2CCC(C1)N2c1c(C)cc(C)cc1Br. The number of halogens is 1. The third kappa shape index (κ3) is 3.00. The van der Waals surface area contributed by atoms with Gasteiger partial charge in [0.25, 0.3) is 0 Å². The molecule has 0 radical (unpaired) electrons. The lowest BCUT2D eigenvalue weighted by Crippen LogP contribution is -2.49. The largest absolute Gasteiger partial charge is 0.364 e. The van der Waals surface area contributed by atoms with E-state index < -0.39 is 0 Å². The summed E-state index contributed by atoms with van der Waals surface area (Å²) < 4.78 is 1.27. The molecule has 2 saturated heterocycles. The van der Waals surface area contributed by atoms with E-state index >= 15 is 0 Å². The lowest BCUT2D eigenvalue weighted by Gasteiger charge is -2.42. The Bertz CT molecular complexity index is 477. The topological polar surface area (TPSA) is 15.3 Å². The van der Waals surface area contributed by atoms with Crippen molar-refractivity contribution in [2.45, 2.75) is 71.0 Å². The van der Waals surface area contributed by atoms with E-state index in [1.165, 1.54) is 53.4 Å². The summed E-state index contributed by atoms with van der Waals surface area (Å²) in [5, 5.41) is 3.74. The molecule has 2 heterocycles. The highest BCUT2D eigenvalue weighted by atomic mass is 79.9. The van der Waals surface area contributed by atoms with Gasteiger partial charge >= 0.3 is 0 Å². The van der Waals surface area contributed by atoms with Gasteiger partial charge in [-0.25, -0.2) is 0 Å². The van der Waals surface area contributed by atoms with E-state index in [1.54, 1.807) is 0 Å². The monoisotopic (exact) mass is 350 g/mol. The first-order chi connectivity index (χ1) is 10.1. The number of nitrogens with zero attached hydrogens (tertiary/aromatic N) is 1. The van der Waals surface area contributed by atoms with Crippen molar-refractivity contribution in [2.24, 2.45) is 0 Å². The van der Waals surface area contributed by atoms with Gasteiger partial charge in [-0.15, -0.1) is 0 Å². The second-order valence-corrected chi connectivity index (χ2v) is 7.68. The Labute approximate surface area is 137 Å². The van der Waals surface area contributed by atoms with Gasteiger partial charge < -0.3 is 10.2 Å². The quantitative estimate of drug-likeness (QED) is 0.855. The van der Waals surface area contributed by atoms with Gasteiger partial charge in [-0.3, -0.25) is 0 Å². The number of piperidine rings is 1. The Morgan fingerprint density at radius 1 is 1.19 bits per heavy atom. The molecule has 2 aliphatic heterocycles. The summed E-state index contributed by atoms with van der Waals surface area (Å²) >= 11 is 3.82. The highest BCUT2D eigenvalue weighted by molar-refractivity contribution is 9.10. The fourth-order valence-corrected chi connectivity index (χ4v) is 5.17. The maximum atomic E-state index is 3.82. The Kier molecular flexibility index (Phi) is 4.60. The van der Waals surface area contributed by atoms with Gasteiger partial charge in [-0.2, -0.15) is 0 Å². The van der Waals surface area contributed by atoms with E-state index in [9.17, 15) is 0 Å². The first-order valence-corrected chi connectivity index (χ1v) is 9.18. The van der Waals surface area contributed by atoms with Gasteiger partial charge in [-0.1, -0.05) is 13.0 Å². The summed E-state index contributed by atoms with van der Waals surface area (Å²) in [4.78, 5) is 2.73. The predicted molar refractivity (Wildman–Crippen MR) is 94.2 cm³/mol. The maximum Gasteiger partial charge on any atom is 0.0545 e. The van der Waals surface area contributed by atoms with E-state index in [4.69, 9.17) is 0 Å². The summed E-state index contributed by atoms with van der Waals surface area (Å²) in [5.41, 5.74) is 4.20.